The van der Waals surface area contributed by atoms with E-state index in [0.717, 1.165) is 0 Å². The zero-order valence-electron chi connectivity index (χ0n) is 13.6. The normalized spacial score (nSPS) is 12.3. The second-order valence-electron chi connectivity index (χ2n) is 7.25. The van der Waals surface area contributed by atoms with Gasteiger partial charge in [0.1, 0.15) is 0 Å². The molecule has 0 saturated heterocycles. The van der Waals surface area contributed by atoms with Crippen molar-refractivity contribution in [2.75, 3.05) is 6.54 Å². The van der Waals surface area contributed by atoms with Crippen LogP contribution in [0.15, 0.2) is 0 Å². The van der Waals surface area contributed by atoms with Crippen LogP contribution < -0.4 is 5.32 Å². The third-order valence-corrected chi connectivity index (χ3v) is 3.41. The smallest absolute Gasteiger partial charge is 0.00103 e. The minimum atomic E-state index is 0.531. The van der Waals surface area contributed by atoms with Gasteiger partial charge in [-0.05, 0) is 24.8 Å². The predicted molar refractivity (Wildman–Crippen MR) is 84.1 cm³/mol. The topological polar surface area (TPSA) is 12.0 Å². The molecule has 0 aliphatic heterocycles. The summed E-state index contributed by atoms with van der Waals surface area (Å²) in [6.07, 6.45) is 12.8. The summed E-state index contributed by atoms with van der Waals surface area (Å²) in [4.78, 5) is 0. The molecule has 0 aromatic heterocycles. The molecule has 0 aliphatic rings. The molecule has 0 bridgehead atoms. The van der Waals surface area contributed by atoms with E-state index < -0.39 is 0 Å². The third kappa shape index (κ3) is 16.0. The van der Waals surface area contributed by atoms with E-state index in [1.165, 1.54) is 64.3 Å². The zero-order chi connectivity index (χ0) is 13.9. The maximum atomic E-state index is 3.48. The Morgan fingerprint density at radius 1 is 0.722 bits per heavy atom. The first-order valence-electron chi connectivity index (χ1n) is 8.15. The number of unbranched alkanes of at least 4 members (excludes halogenated alkanes) is 7. The van der Waals surface area contributed by atoms with Crippen LogP contribution in [0.1, 0.15) is 92.4 Å². The Hall–Kier alpha value is -0.0400. The van der Waals surface area contributed by atoms with Crippen LogP contribution in [0.4, 0.5) is 0 Å². The highest BCUT2D eigenvalue weighted by Gasteiger charge is 2.08. The molecule has 1 N–H and O–H groups in total. The molecule has 0 heterocycles. The Bertz CT molecular complexity index is 167. The first kappa shape index (κ1) is 18.0. The van der Waals surface area contributed by atoms with E-state index in [1.807, 2.05) is 0 Å². The highest BCUT2D eigenvalue weighted by atomic mass is 14.9. The van der Waals surface area contributed by atoms with E-state index in [-0.39, 0.29) is 0 Å². The Kier molecular flexibility index (Phi) is 10.8. The predicted octanol–water partition coefficient (Wildman–Crippen LogP) is 5.54. The third-order valence-electron chi connectivity index (χ3n) is 3.41. The lowest BCUT2D eigenvalue weighted by molar-refractivity contribution is 0.356. The van der Waals surface area contributed by atoms with Gasteiger partial charge in [0, 0.05) is 6.04 Å². The molecular weight excluding hydrogens is 218 g/mol. The van der Waals surface area contributed by atoms with Crippen molar-refractivity contribution in [3.8, 4) is 0 Å². The van der Waals surface area contributed by atoms with Gasteiger partial charge in [0.15, 0.2) is 0 Å². The molecule has 1 nitrogen and oxygen atoms in total. The summed E-state index contributed by atoms with van der Waals surface area (Å²) >= 11 is 0. The monoisotopic (exact) mass is 255 g/mol. The summed E-state index contributed by atoms with van der Waals surface area (Å²) in [7, 11) is 0. The SMILES string of the molecule is CC(C)NCCCCCCCCCCC(C)(C)C. The quantitative estimate of drug-likeness (QED) is 0.478. The van der Waals surface area contributed by atoms with Gasteiger partial charge in [0.2, 0.25) is 0 Å². The fraction of sp³-hybridized carbons (Fsp3) is 1.00. The van der Waals surface area contributed by atoms with Crippen molar-refractivity contribution in [2.45, 2.75) is 98.4 Å². The molecule has 0 aromatic carbocycles. The highest BCUT2D eigenvalue weighted by molar-refractivity contribution is 4.61. The van der Waals surface area contributed by atoms with E-state index >= 15 is 0 Å². The van der Waals surface area contributed by atoms with Crippen molar-refractivity contribution in [3.05, 3.63) is 0 Å². The number of nitrogens with one attached hydrogen (secondary N) is 1. The summed E-state index contributed by atoms with van der Waals surface area (Å²) in [5.41, 5.74) is 0.531. The van der Waals surface area contributed by atoms with Gasteiger partial charge in [0.05, 0.1) is 0 Å². The lowest BCUT2D eigenvalue weighted by Gasteiger charge is -2.17. The highest BCUT2D eigenvalue weighted by Crippen LogP contribution is 2.22. The van der Waals surface area contributed by atoms with Gasteiger partial charge in [-0.1, -0.05) is 79.6 Å². The Balaban J connectivity index is 3.04. The van der Waals surface area contributed by atoms with Gasteiger partial charge in [0.25, 0.3) is 0 Å². The molecule has 0 saturated carbocycles. The van der Waals surface area contributed by atoms with Crippen LogP contribution in [0, 0.1) is 5.41 Å². The van der Waals surface area contributed by atoms with Crippen LogP contribution in [0.5, 0.6) is 0 Å². The van der Waals surface area contributed by atoms with Crippen molar-refractivity contribution < 1.29 is 0 Å². The van der Waals surface area contributed by atoms with Gasteiger partial charge in [-0.25, -0.2) is 0 Å². The molecule has 1 heteroatoms. The van der Waals surface area contributed by atoms with Gasteiger partial charge < -0.3 is 5.32 Å². The molecule has 0 radical (unpaired) electrons. The standard InChI is InChI=1S/C17H37N/c1-16(2)18-15-13-11-9-7-6-8-10-12-14-17(3,4)5/h16,18H,6-15H2,1-5H3. The van der Waals surface area contributed by atoms with Crippen LogP contribution in [-0.2, 0) is 0 Å². The van der Waals surface area contributed by atoms with Gasteiger partial charge in [-0.3, -0.25) is 0 Å². The van der Waals surface area contributed by atoms with Crippen LogP contribution >= 0.6 is 0 Å². The zero-order valence-corrected chi connectivity index (χ0v) is 13.6. The fourth-order valence-electron chi connectivity index (χ4n) is 2.23. The van der Waals surface area contributed by atoms with Crippen LogP contribution in [0.25, 0.3) is 0 Å². The summed E-state index contributed by atoms with van der Waals surface area (Å²) in [6, 6.07) is 0.646. The average Bonchev–Trinajstić information content (AvgIpc) is 2.24. The van der Waals surface area contributed by atoms with Crippen molar-refractivity contribution >= 4 is 0 Å². The lowest BCUT2D eigenvalue weighted by Crippen LogP contribution is -2.23. The maximum absolute atomic E-state index is 3.48. The maximum Gasteiger partial charge on any atom is 0.00103 e. The number of hydrogen-bond donors (Lipinski definition) is 1. The Morgan fingerprint density at radius 2 is 1.17 bits per heavy atom. The van der Waals surface area contributed by atoms with E-state index in [1.54, 1.807) is 0 Å². The van der Waals surface area contributed by atoms with Crippen LogP contribution in [-0.4, -0.2) is 12.6 Å². The average molecular weight is 255 g/mol. The van der Waals surface area contributed by atoms with Crippen molar-refractivity contribution in [1.82, 2.24) is 5.32 Å². The van der Waals surface area contributed by atoms with E-state index in [0.29, 0.717) is 11.5 Å². The molecular formula is C17H37N. The first-order chi connectivity index (χ1) is 8.42. The van der Waals surface area contributed by atoms with Crippen LogP contribution in [0.2, 0.25) is 0 Å². The fourth-order valence-corrected chi connectivity index (χ4v) is 2.23. The van der Waals surface area contributed by atoms with E-state index in [2.05, 4.69) is 39.9 Å². The molecule has 0 rings (SSSR count). The molecule has 18 heavy (non-hydrogen) atoms. The van der Waals surface area contributed by atoms with Crippen LogP contribution in [0.3, 0.4) is 0 Å². The number of hydrogen-bond acceptors (Lipinski definition) is 1. The Labute approximate surface area is 116 Å². The van der Waals surface area contributed by atoms with Crippen molar-refractivity contribution in [3.63, 3.8) is 0 Å². The second-order valence-corrected chi connectivity index (χ2v) is 7.25. The summed E-state index contributed by atoms with van der Waals surface area (Å²) < 4.78 is 0. The summed E-state index contributed by atoms with van der Waals surface area (Å²) in [5.74, 6) is 0. The molecule has 0 aliphatic carbocycles. The molecule has 0 unspecified atom stereocenters. The van der Waals surface area contributed by atoms with Crippen molar-refractivity contribution in [2.24, 2.45) is 5.41 Å². The number of rotatable bonds is 11. The van der Waals surface area contributed by atoms with Gasteiger partial charge in [-0.2, -0.15) is 0 Å². The largest absolute Gasteiger partial charge is 0.315 e. The van der Waals surface area contributed by atoms with E-state index in [4.69, 9.17) is 0 Å². The molecule has 0 spiro atoms. The van der Waals surface area contributed by atoms with Crippen molar-refractivity contribution in [1.29, 1.82) is 0 Å². The van der Waals surface area contributed by atoms with Gasteiger partial charge >= 0.3 is 0 Å². The molecule has 0 fully saturated rings. The second kappa shape index (κ2) is 10.8. The summed E-state index contributed by atoms with van der Waals surface area (Å²) in [5, 5.41) is 3.48. The first-order valence-corrected chi connectivity index (χ1v) is 8.15. The molecule has 0 aromatic rings. The van der Waals surface area contributed by atoms with Gasteiger partial charge in [-0.15, -0.1) is 0 Å². The minimum absolute atomic E-state index is 0.531. The summed E-state index contributed by atoms with van der Waals surface area (Å²) in [6.45, 7) is 12.7. The minimum Gasteiger partial charge on any atom is -0.315 e. The Morgan fingerprint density at radius 3 is 1.61 bits per heavy atom. The molecule has 0 atom stereocenters. The molecule has 110 valence electrons. The lowest BCUT2D eigenvalue weighted by atomic mass is 9.89. The molecule has 0 amide bonds. The van der Waals surface area contributed by atoms with E-state index in [9.17, 15) is 0 Å².